The molecule has 7 nitrogen and oxygen atoms in total. The molecule has 4 rings (SSSR count). The molecule has 0 amide bonds. The predicted molar refractivity (Wildman–Crippen MR) is 145 cm³/mol. The highest BCUT2D eigenvalue weighted by molar-refractivity contribution is 6.74. The van der Waals surface area contributed by atoms with E-state index in [-0.39, 0.29) is 28.9 Å². The van der Waals surface area contributed by atoms with Crippen molar-refractivity contribution in [1.29, 1.82) is 0 Å². The van der Waals surface area contributed by atoms with Crippen LogP contribution in [0.4, 0.5) is 0 Å². The summed E-state index contributed by atoms with van der Waals surface area (Å²) in [4.78, 5) is 30.5. The van der Waals surface area contributed by atoms with E-state index in [1.807, 2.05) is 49.4 Å². The number of hydrogen-bond donors (Lipinski definition) is 0. The fraction of sp³-hybridized carbons (Fsp3) is 0.483. The monoisotopic (exact) mass is 522 g/mol. The van der Waals surface area contributed by atoms with Gasteiger partial charge in [-0.25, -0.2) is 0 Å². The van der Waals surface area contributed by atoms with E-state index in [9.17, 15) is 9.59 Å². The van der Waals surface area contributed by atoms with Crippen molar-refractivity contribution in [3.05, 3.63) is 72.0 Å². The number of ketones is 2. The van der Waals surface area contributed by atoms with E-state index in [1.54, 1.807) is 0 Å². The van der Waals surface area contributed by atoms with Gasteiger partial charge in [0, 0.05) is 12.5 Å². The summed E-state index contributed by atoms with van der Waals surface area (Å²) in [6.07, 6.45) is 5.67. The zero-order chi connectivity index (χ0) is 27.0. The molecular weight excluding hydrogens is 484 g/mol. The second kappa shape index (κ2) is 10.2. The number of aromatic nitrogens is 1. The smallest absolute Gasteiger partial charge is 0.265 e. The summed E-state index contributed by atoms with van der Waals surface area (Å²) in [6.45, 7) is 17.9. The summed E-state index contributed by atoms with van der Waals surface area (Å²) < 4.78 is 18.8. The van der Waals surface area contributed by atoms with Crippen LogP contribution < -0.4 is 4.74 Å². The van der Waals surface area contributed by atoms with E-state index in [0.717, 1.165) is 5.56 Å². The van der Waals surface area contributed by atoms with E-state index < -0.39 is 31.7 Å². The van der Waals surface area contributed by atoms with Gasteiger partial charge in [-0.1, -0.05) is 70.2 Å². The van der Waals surface area contributed by atoms with Gasteiger partial charge in [-0.3, -0.25) is 14.5 Å². The third-order valence-corrected chi connectivity index (χ3v) is 12.5. The molecular formula is C29H38N2O5Si. The zero-order valence-electron chi connectivity index (χ0n) is 22.7. The number of nitrogens with zero attached hydrogens (tertiary/aromatic N) is 2. The topological polar surface area (TPSA) is 81.9 Å². The molecule has 2 aliphatic carbocycles. The minimum absolute atomic E-state index is 0.0996. The molecule has 1 aromatic carbocycles. The molecule has 0 saturated carbocycles. The van der Waals surface area contributed by atoms with Gasteiger partial charge in [0.2, 0.25) is 5.78 Å². The Hall–Kier alpha value is -2.81. The van der Waals surface area contributed by atoms with Crippen molar-refractivity contribution in [2.45, 2.75) is 70.5 Å². The molecule has 1 heterocycles. The molecule has 37 heavy (non-hydrogen) atoms. The maximum atomic E-state index is 14.5. The number of hydrogen-bond acceptors (Lipinski definition) is 7. The maximum absolute atomic E-state index is 14.5. The van der Waals surface area contributed by atoms with Gasteiger partial charge in [-0.15, -0.1) is 6.58 Å². The lowest BCUT2D eigenvalue weighted by Gasteiger charge is -2.52. The highest BCUT2D eigenvalue weighted by atomic mass is 28.4. The van der Waals surface area contributed by atoms with Crippen molar-refractivity contribution < 1.29 is 23.3 Å². The Bertz CT molecular complexity index is 1200. The molecule has 0 radical (unpaired) electrons. The second-order valence-corrected chi connectivity index (χ2v) is 16.1. The Morgan fingerprint density at radius 2 is 1.95 bits per heavy atom. The molecule has 8 heteroatoms. The number of allylic oxidation sites excluding steroid dienone is 1. The molecule has 1 aromatic heterocycles. The molecule has 0 saturated heterocycles. The summed E-state index contributed by atoms with van der Waals surface area (Å²) >= 11 is 0. The third kappa shape index (κ3) is 4.66. The molecule has 2 aromatic rings. The van der Waals surface area contributed by atoms with Crippen molar-refractivity contribution in [1.82, 2.24) is 10.1 Å². The lowest BCUT2D eigenvalue weighted by atomic mass is 9.65. The Kier molecular flexibility index (Phi) is 7.47. The zero-order valence-corrected chi connectivity index (χ0v) is 23.7. The van der Waals surface area contributed by atoms with Gasteiger partial charge in [0.15, 0.2) is 25.5 Å². The molecule has 0 N–H and O–H groups in total. The number of ether oxygens (including phenoxy) is 1. The lowest BCUT2D eigenvalue weighted by molar-refractivity contribution is -0.135. The Balaban J connectivity index is 1.89. The highest BCUT2D eigenvalue weighted by Gasteiger charge is 2.65. The van der Waals surface area contributed by atoms with Gasteiger partial charge in [0.05, 0.1) is 6.04 Å². The van der Waals surface area contributed by atoms with Gasteiger partial charge < -0.3 is 13.7 Å². The van der Waals surface area contributed by atoms with Gasteiger partial charge in [-0.2, -0.15) is 0 Å². The average molecular weight is 523 g/mol. The normalized spacial score (nSPS) is 23.6. The molecule has 3 atom stereocenters. The number of fused-ring (bicyclic) bond motifs is 2. The van der Waals surface area contributed by atoms with E-state index in [4.69, 9.17) is 13.7 Å². The van der Waals surface area contributed by atoms with Crippen molar-refractivity contribution in [2.24, 2.45) is 5.92 Å². The Morgan fingerprint density at radius 1 is 1.24 bits per heavy atom. The van der Waals surface area contributed by atoms with Gasteiger partial charge in [0.1, 0.15) is 12.2 Å². The number of rotatable bonds is 9. The Morgan fingerprint density at radius 3 is 2.57 bits per heavy atom. The van der Waals surface area contributed by atoms with Gasteiger partial charge in [0.25, 0.3) is 5.88 Å². The van der Waals surface area contributed by atoms with E-state index >= 15 is 0 Å². The first-order valence-corrected chi connectivity index (χ1v) is 15.9. The SMILES string of the molecule is C=CCN(CC)[C@@H]1c2onc(OCc3ccccc3)c2C(=O)C2(O[Si](C)(C)C(C)(C)C)C(=O)C=CCC12. The largest absolute Gasteiger partial charge is 0.470 e. The molecule has 198 valence electrons. The van der Waals surface area contributed by atoms with Crippen LogP contribution in [0.2, 0.25) is 18.1 Å². The van der Waals surface area contributed by atoms with Crippen LogP contribution in [0.1, 0.15) is 61.8 Å². The number of likely N-dealkylation sites (N-methyl/N-ethyl adjacent to an activating group) is 1. The Labute approximate surface area is 220 Å². The van der Waals surface area contributed by atoms with Crippen LogP contribution in [-0.4, -0.2) is 48.6 Å². The predicted octanol–water partition coefficient (Wildman–Crippen LogP) is 5.90. The van der Waals surface area contributed by atoms with Crippen LogP contribution in [0, 0.1) is 5.92 Å². The minimum Gasteiger partial charge on any atom is -0.470 e. The summed E-state index contributed by atoms with van der Waals surface area (Å²) in [6, 6.07) is 9.24. The average Bonchev–Trinajstić information content (AvgIpc) is 3.27. The van der Waals surface area contributed by atoms with Crippen molar-refractivity contribution in [3.63, 3.8) is 0 Å². The van der Waals surface area contributed by atoms with Crippen LogP contribution in [0.25, 0.3) is 0 Å². The van der Waals surface area contributed by atoms with Crippen molar-refractivity contribution in [3.8, 4) is 5.88 Å². The molecule has 0 fully saturated rings. The highest BCUT2D eigenvalue weighted by Crippen LogP contribution is 2.54. The third-order valence-electron chi connectivity index (χ3n) is 8.05. The second-order valence-electron chi connectivity index (χ2n) is 11.4. The van der Waals surface area contributed by atoms with Gasteiger partial charge >= 0.3 is 0 Å². The quantitative estimate of drug-likeness (QED) is 0.230. The summed E-state index contributed by atoms with van der Waals surface area (Å²) in [5, 5.41) is 3.99. The fourth-order valence-corrected chi connectivity index (χ4v) is 6.53. The van der Waals surface area contributed by atoms with Crippen LogP contribution >= 0.6 is 0 Å². The van der Waals surface area contributed by atoms with Crippen LogP contribution in [0.5, 0.6) is 5.88 Å². The maximum Gasteiger partial charge on any atom is 0.265 e. The number of Topliss-reactive ketones (excluding diaryl/α,β-unsaturated/α-hetero) is 1. The number of carbonyl (C=O) groups is 2. The fourth-order valence-electron chi connectivity index (χ4n) is 5.07. The number of benzene rings is 1. The van der Waals surface area contributed by atoms with Crippen LogP contribution in [0.3, 0.4) is 0 Å². The van der Waals surface area contributed by atoms with Crippen LogP contribution in [-0.2, 0) is 15.8 Å². The van der Waals surface area contributed by atoms with Crippen LogP contribution in [0.15, 0.2) is 59.7 Å². The molecule has 2 aliphatic rings. The molecule has 0 spiro atoms. The van der Waals surface area contributed by atoms with Gasteiger partial charge in [-0.05, 0) is 47.9 Å². The summed E-state index contributed by atoms with van der Waals surface area (Å²) in [5.41, 5.74) is -0.523. The number of carbonyl (C=O) groups excluding carboxylic acids is 2. The van der Waals surface area contributed by atoms with E-state index in [0.29, 0.717) is 25.3 Å². The summed E-state index contributed by atoms with van der Waals surface area (Å²) in [5.74, 6) is -0.670. The van der Waals surface area contributed by atoms with E-state index in [2.05, 4.69) is 50.5 Å². The molecule has 0 aliphatic heterocycles. The molecule has 2 unspecified atom stereocenters. The molecule has 0 bridgehead atoms. The summed E-state index contributed by atoms with van der Waals surface area (Å²) in [7, 11) is -2.58. The van der Waals surface area contributed by atoms with Crippen molar-refractivity contribution >= 4 is 19.9 Å². The first-order valence-electron chi connectivity index (χ1n) is 12.9. The first kappa shape index (κ1) is 27.2. The van der Waals surface area contributed by atoms with E-state index in [1.165, 1.54) is 6.08 Å². The standard InChI is InChI=1S/C29H38N2O5Si/c1-8-18-31(9-2)24-21-16-13-17-22(32)29(21,36-37(6,7)28(3,4)5)26(33)23-25(24)35-30-27(23)34-19-20-14-11-10-12-15-20/h8,10-15,17,21,24H,1,9,16,18-19H2,2-7H3/t21?,24-,29?/m0/s1. The minimum atomic E-state index is -2.58. The lowest BCUT2D eigenvalue weighted by Crippen LogP contribution is -2.66. The van der Waals surface area contributed by atoms with Crippen molar-refractivity contribution in [2.75, 3.05) is 13.1 Å². The first-order chi connectivity index (χ1) is 17.5.